The number of nitrogens with one attached hydrogen (secondary N) is 1. The second-order valence-corrected chi connectivity index (χ2v) is 7.72. The van der Waals surface area contributed by atoms with Crippen LogP contribution >= 0.6 is 0 Å². The topological polar surface area (TPSA) is 51.5 Å². The Kier molecular flexibility index (Phi) is 3.87. The number of rotatable bonds is 3. The highest BCUT2D eigenvalue weighted by Crippen LogP contribution is 2.49. The molecule has 6 rings (SSSR count). The number of para-hydroxylation sites is 1. The van der Waals surface area contributed by atoms with Crippen molar-refractivity contribution in [3.05, 3.63) is 96.1 Å². The molecule has 0 aliphatic carbocycles. The molecule has 0 saturated heterocycles. The first-order valence-electron chi connectivity index (χ1n) is 10.2. The van der Waals surface area contributed by atoms with Gasteiger partial charge < -0.3 is 14.5 Å². The molecule has 0 radical (unpaired) electrons. The quantitative estimate of drug-likeness (QED) is 0.381. The third kappa shape index (κ3) is 2.58. The zero-order valence-corrected chi connectivity index (χ0v) is 16.9. The number of furan rings is 1. The van der Waals surface area contributed by atoms with Crippen LogP contribution in [-0.4, -0.2) is 13.0 Å². The molecule has 1 aromatic heterocycles. The van der Waals surface area contributed by atoms with E-state index >= 15 is 0 Å². The van der Waals surface area contributed by atoms with Crippen LogP contribution in [0.2, 0.25) is 0 Å². The number of ether oxygens (including phenoxy) is 1. The zero-order valence-electron chi connectivity index (χ0n) is 16.9. The normalized spacial score (nSPS) is 15.3. The molecule has 5 aromatic rings. The minimum atomic E-state index is -0.469. The summed E-state index contributed by atoms with van der Waals surface area (Å²) in [4.78, 5) is 13.3. The summed E-state index contributed by atoms with van der Waals surface area (Å²) in [7, 11) is 1.64. The Morgan fingerprint density at radius 2 is 1.65 bits per heavy atom. The molecule has 1 amide bonds. The lowest BCUT2D eigenvalue weighted by atomic mass is 9.87. The van der Waals surface area contributed by atoms with E-state index in [0.29, 0.717) is 17.1 Å². The molecule has 4 aromatic carbocycles. The van der Waals surface area contributed by atoms with Crippen LogP contribution in [-0.2, 0) is 4.79 Å². The van der Waals surface area contributed by atoms with Crippen LogP contribution in [0.25, 0.3) is 33.1 Å². The zero-order chi connectivity index (χ0) is 20.9. The second-order valence-electron chi connectivity index (χ2n) is 7.72. The smallest absolute Gasteiger partial charge is 0.236 e. The van der Waals surface area contributed by atoms with Gasteiger partial charge in [-0.25, -0.2) is 0 Å². The van der Waals surface area contributed by atoms with E-state index in [-0.39, 0.29) is 5.91 Å². The van der Waals surface area contributed by atoms with E-state index in [9.17, 15) is 4.79 Å². The fourth-order valence-corrected chi connectivity index (χ4v) is 4.67. The van der Waals surface area contributed by atoms with Crippen LogP contribution in [0.5, 0.6) is 5.75 Å². The van der Waals surface area contributed by atoms with Gasteiger partial charge in [0.25, 0.3) is 0 Å². The van der Waals surface area contributed by atoms with Crippen molar-refractivity contribution >= 4 is 33.3 Å². The summed E-state index contributed by atoms with van der Waals surface area (Å²) in [5.41, 5.74) is 4.26. The van der Waals surface area contributed by atoms with Gasteiger partial charge in [-0.05, 0) is 28.5 Å². The predicted octanol–water partition coefficient (Wildman–Crippen LogP) is 6.35. The first-order valence-corrected chi connectivity index (χ1v) is 10.2. The van der Waals surface area contributed by atoms with Crippen LogP contribution < -0.4 is 10.1 Å². The number of fused-ring (bicyclic) bond motifs is 4. The van der Waals surface area contributed by atoms with Crippen molar-refractivity contribution in [2.24, 2.45) is 0 Å². The Morgan fingerprint density at radius 3 is 2.48 bits per heavy atom. The Morgan fingerprint density at radius 1 is 0.903 bits per heavy atom. The van der Waals surface area contributed by atoms with Gasteiger partial charge in [0.2, 0.25) is 5.91 Å². The molecular weight excluding hydrogens is 386 g/mol. The highest BCUT2D eigenvalue weighted by Gasteiger charge is 2.37. The van der Waals surface area contributed by atoms with Crippen LogP contribution in [0.15, 0.2) is 89.3 Å². The first-order chi connectivity index (χ1) is 15.3. The maximum Gasteiger partial charge on any atom is 0.236 e. The Balaban J connectivity index is 1.79. The lowest BCUT2D eigenvalue weighted by Gasteiger charge is -2.12. The number of hydrogen-bond acceptors (Lipinski definition) is 3. The van der Waals surface area contributed by atoms with Gasteiger partial charge in [-0.3, -0.25) is 4.79 Å². The van der Waals surface area contributed by atoms with Gasteiger partial charge in [-0.15, -0.1) is 0 Å². The van der Waals surface area contributed by atoms with Crippen molar-refractivity contribution in [3.63, 3.8) is 0 Å². The number of hydrogen-bond donors (Lipinski definition) is 1. The van der Waals surface area contributed by atoms with E-state index in [0.717, 1.165) is 38.5 Å². The van der Waals surface area contributed by atoms with E-state index in [1.54, 1.807) is 7.11 Å². The fourth-order valence-electron chi connectivity index (χ4n) is 4.67. The van der Waals surface area contributed by atoms with E-state index in [1.807, 2.05) is 72.8 Å². The van der Waals surface area contributed by atoms with Gasteiger partial charge in [0, 0.05) is 22.2 Å². The lowest BCUT2D eigenvalue weighted by molar-refractivity contribution is -0.116. The number of carbonyl (C=O) groups is 1. The molecule has 0 bridgehead atoms. The van der Waals surface area contributed by atoms with E-state index in [1.165, 1.54) is 0 Å². The molecule has 1 unspecified atom stereocenters. The molecular formula is C27H19NO3. The van der Waals surface area contributed by atoms with Gasteiger partial charge in [-0.2, -0.15) is 0 Å². The number of methoxy groups -OCH3 is 1. The average Bonchev–Trinajstić information content (AvgIpc) is 3.36. The standard InChI is InChI=1S/C27H19NO3/c1-30-21-15-17-11-5-6-12-18(17)22-24(23-19-13-7-8-14-20(19)28-27(23)29)25(31-26(21)22)16-9-3-2-4-10-16/h2-15,23H,1H3,(H,28,29). The number of anilines is 1. The SMILES string of the molecule is COc1cc2ccccc2c2c(C3C(=O)Nc4ccccc43)c(-c3ccccc3)oc12. The van der Waals surface area contributed by atoms with Crippen molar-refractivity contribution < 1.29 is 13.9 Å². The fraction of sp³-hybridized carbons (Fsp3) is 0.0741. The van der Waals surface area contributed by atoms with Crippen LogP contribution in [0.4, 0.5) is 5.69 Å². The maximum absolute atomic E-state index is 13.3. The molecule has 1 N–H and O–H groups in total. The molecule has 0 spiro atoms. The summed E-state index contributed by atoms with van der Waals surface area (Å²) < 4.78 is 12.2. The van der Waals surface area contributed by atoms with Crippen molar-refractivity contribution in [2.45, 2.75) is 5.92 Å². The van der Waals surface area contributed by atoms with Crippen molar-refractivity contribution in [3.8, 4) is 17.1 Å². The Labute approximate surface area is 179 Å². The molecule has 4 nitrogen and oxygen atoms in total. The van der Waals surface area contributed by atoms with Crippen LogP contribution in [0, 0.1) is 0 Å². The molecule has 1 aliphatic rings. The summed E-state index contributed by atoms with van der Waals surface area (Å²) in [6, 6.07) is 27.9. The van der Waals surface area contributed by atoms with E-state index in [2.05, 4.69) is 17.4 Å². The predicted molar refractivity (Wildman–Crippen MR) is 123 cm³/mol. The van der Waals surface area contributed by atoms with Crippen molar-refractivity contribution in [1.82, 2.24) is 0 Å². The third-order valence-electron chi connectivity index (χ3n) is 6.02. The van der Waals surface area contributed by atoms with Gasteiger partial charge in [0.05, 0.1) is 13.0 Å². The van der Waals surface area contributed by atoms with Gasteiger partial charge >= 0.3 is 0 Å². The van der Waals surface area contributed by atoms with Crippen LogP contribution in [0.1, 0.15) is 17.0 Å². The molecule has 2 heterocycles. The molecule has 31 heavy (non-hydrogen) atoms. The van der Waals surface area contributed by atoms with Gasteiger partial charge in [0.1, 0.15) is 5.76 Å². The highest BCUT2D eigenvalue weighted by atomic mass is 16.5. The number of benzene rings is 4. The summed E-state index contributed by atoms with van der Waals surface area (Å²) >= 11 is 0. The van der Waals surface area contributed by atoms with Crippen molar-refractivity contribution in [2.75, 3.05) is 12.4 Å². The third-order valence-corrected chi connectivity index (χ3v) is 6.02. The summed E-state index contributed by atoms with van der Waals surface area (Å²) in [5, 5.41) is 6.05. The molecule has 150 valence electrons. The van der Waals surface area contributed by atoms with Gasteiger partial charge in [-0.1, -0.05) is 72.8 Å². The summed E-state index contributed by atoms with van der Waals surface area (Å²) in [6.45, 7) is 0. The van der Waals surface area contributed by atoms with E-state index < -0.39 is 5.92 Å². The monoisotopic (exact) mass is 405 g/mol. The number of amides is 1. The lowest BCUT2D eigenvalue weighted by Crippen LogP contribution is -2.13. The van der Waals surface area contributed by atoms with E-state index in [4.69, 9.17) is 9.15 Å². The van der Waals surface area contributed by atoms with Gasteiger partial charge in [0.15, 0.2) is 11.3 Å². The summed E-state index contributed by atoms with van der Waals surface area (Å²) in [5.74, 6) is 0.835. The second kappa shape index (κ2) is 6.74. The first kappa shape index (κ1) is 17.8. The molecule has 0 saturated carbocycles. The minimum absolute atomic E-state index is 0.0482. The Bertz CT molecular complexity index is 1470. The highest BCUT2D eigenvalue weighted by molar-refractivity contribution is 6.16. The average molecular weight is 405 g/mol. The number of carbonyl (C=O) groups excluding carboxylic acids is 1. The molecule has 4 heteroatoms. The largest absolute Gasteiger partial charge is 0.493 e. The van der Waals surface area contributed by atoms with Crippen molar-refractivity contribution in [1.29, 1.82) is 0 Å². The summed E-state index contributed by atoms with van der Waals surface area (Å²) in [6.07, 6.45) is 0. The molecule has 1 aliphatic heterocycles. The molecule has 1 atom stereocenters. The minimum Gasteiger partial charge on any atom is -0.493 e. The maximum atomic E-state index is 13.3. The molecule has 0 fully saturated rings. The van der Waals surface area contributed by atoms with Crippen LogP contribution in [0.3, 0.4) is 0 Å². The Hall–Kier alpha value is -4.05.